The van der Waals surface area contributed by atoms with E-state index in [4.69, 9.17) is 9.84 Å². The number of nitrogens with one attached hydrogen (secondary N) is 1. The van der Waals surface area contributed by atoms with Gasteiger partial charge in [0.15, 0.2) is 6.10 Å². The molecule has 2 amide bonds. The molecular formula is C8H12F2N2O4S. The third kappa shape index (κ3) is 2.07. The van der Waals surface area contributed by atoms with Crippen LogP contribution in [0.5, 0.6) is 0 Å². The van der Waals surface area contributed by atoms with Crippen LogP contribution in [0.25, 0.3) is 0 Å². The lowest BCUT2D eigenvalue weighted by atomic mass is 10.1. The number of halogens is 2. The molecule has 0 spiro atoms. The minimum absolute atomic E-state index is 0.0988. The molecule has 0 aliphatic carbocycles. The third-order valence-electron chi connectivity index (χ3n) is 2.70. The summed E-state index contributed by atoms with van der Waals surface area (Å²) in [5.41, 5.74) is 0. The van der Waals surface area contributed by atoms with E-state index in [1.165, 1.54) is 0 Å². The van der Waals surface area contributed by atoms with Crippen LogP contribution in [0.4, 0.5) is 13.6 Å². The Morgan fingerprint density at radius 1 is 1.65 bits per heavy atom. The summed E-state index contributed by atoms with van der Waals surface area (Å²) >= 11 is 1.12. The molecule has 2 aliphatic heterocycles. The highest BCUT2D eigenvalue weighted by molar-refractivity contribution is 7.98. The number of urea groups is 1. The van der Waals surface area contributed by atoms with Crippen molar-refractivity contribution >= 4 is 18.0 Å². The number of rotatable bonds is 2. The van der Waals surface area contributed by atoms with Gasteiger partial charge in [-0.05, 0) is 11.9 Å². The number of hydrogen-bond acceptors (Lipinski definition) is 5. The molecule has 3 N–H and O–H groups in total. The van der Waals surface area contributed by atoms with Crippen LogP contribution in [0.2, 0.25) is 0 Å². The molecule has 0 aromatic carbocycles. The first kappa shape index (κ1) is 12.8. The van der Waals surface area contributed by atoms with Crippen molar-refractivity contribution in [1.29, 1.82) is 0 Å². The van der Waals surface area contributed by atoms with Crippen LogP contribution < -0.4 is 4.72 Å². The zero-order valence-electron chi connectivity index (χ0n) is 8.68. The third-order valence-corrected chi connectivity index (χ3v) is 3.40. The van der Waals surface area contributed by atoms with E-state index in [1.807, 2.05) is 0 Å². The molecule has 3 atom stereocenters. The van der Waals surface area contributed by atoms with Gasteiger partial charge in [-0.3, -0.25) is 9.62 Å². The zero-order valence-corrected chi connectivity index (χ0v) is 9.49. The maximum Gasteiger partial charge on any atom is 0.329 e. The van der Waals surface area contributed by atoms with E-state index in [1.54, 1.807) is 0 Å². The van der Waals surface area contributed by atoms with Crippen molar-refractivity contribution in [3.05, 3.63) is 0 Å². The van der Waals surface area contributed by atoms with Gasteiger partial charge in [-0.15, -0.1) is 0 Å². The van der Waals surface area contributed by atoms with Gasteiger partial charge < -0.3 is 14.9 Å². The van der Waals surface area contributed by atoms with Crippen LogP contribution in [0, 0.1) is 0 Å². The molecule has 2 rings (SSSR count). The number of amides is 2. The fourth-order valence-electron chi connectivity index (χ4n) is 1.79. The minimum Gasteiger partial charge on any atom is -0.394 e. The van der Waals surface area contributed by atoms with Crippen LogP contribution in [0.3, 0.4) is 0 Å². The fourth-order valence-corrected chi connectivity index (χ4v) is 2.42. The Kier molecular flexibility index (Phi) is 3.43. The minimum atomic E-state index is -3.59. The van der Waals surface area contributed by atoms with Crippen molar-refractivity contribution in [1.82, 2.24) is 9.62 Å². The Bertz CT molecular complexity index is 320. The summed E-state index contributed by atoms with van der Waals surface area (Å²) in [7, 11) is 0. The van der Waals surface area contributed by atoms with Crippen molar-refractivity contribution in [2.75, 3.05) is 18.9 Å². The molecule has 0 aromatic rings. The molecule has 98 valence electrons. The van der Waals surface area contributed by atoms with E-state index >= 15 is 0 Å². The predicted octanol–water partition coefficient (Wildman–Crippen LogP) is -0.627. The Hall–Kier alpha value is -0.640. The summed E-state index contributed by atoms with van der Waals surface area (Å²) in [5.74, 6) is -3.14. The lowest BCUT2D eigenvalue weighted by molar-refractivity contribution is -0.153. The van der Waals surface area contributed by atoms with E-state index in [9.17, 15) is 18.7 Å². The normalized spacial score (nSPS) is 37.1. The first-order chi connectivity index (χ1) is 7.98. The molecule has 0 aromatic heterocycles. The van der Waals surface area contributed by atoms with Crippen LogP contribution in [-0.4, -0.2) is 64.4 Å². The van der Waals surface area contributed by atoms with E-state index in [2.05, 4.69) is 4.72 Å². The molecule has 9 heteroatoms. The van der Waals surface area contributed by atoms with Gasteiger partial charge in [-0.1, -0.05) is 0 Å². The van der Waals surface area contributed by atoms with Gasteiger partial charge >= 0.3 is 12.0 Å². The molecule has 0 radical (unpaired) electrons. The smallest absolute Gasteiger partial charge is 0.329 e. The lowest BCUT2D eigenvalue weighted by Crippen LogP contribution is -2.56. The molecule has 2 saturated heterocycles. The molecule has 0 bridgehead atoms. The van der Waals surface area contributed by atoms with Crippen molar-refractivity contribution in [2.24, 2.45) is 0 Å². The number of carbonyl (C=O) groups excluding carboxylic acids is 1. The predicted molar refractivity (Wildman–Crippen MR) is 54.4 cm³/mol. The number of aliphatic hydroxyl groups is 2. The molecule has 2 aliphatic rings. The molecule has 0 unspecified atom stereocenters. The highest BCUT2D eigenvalue weighted by Crippen LogP contribution is 2.38. The number of ether oxygens (including phenoxy) is 1. The first-order valence-corrected chi connectivity index (χ1v) is 5.97. The maximum absolute atomic E-state index is 13.7. The summed E-state index contributed by atoms with van der Waals surface area (Å²) in [6.45, 7) is -0.626. The largest absolute Gasteiger partial charge is 0.394 e. The van der Waals surface area contributed by atoms with Gasteiger partial charge in [-0.2, -0.15) is 8.78 Å². The van der Waals surface area contributed by atoms with Gasteiger partial charge in [0.2, 0.25) is 6.23 Å². The first-order valence-electron chi connectivity index (χ1n) is 4.99. The van der Waals surface area contributed by atoms with Crippen LogP contribution in [0.1, 0.15) is 0 Å². The Morgan fingerprint density at radius 2 is 2.35 bits per heavy atom. The molecule has 2 fully saturated rings. The Labute approximate surface area is 100 Å². The van der Waals surface area contributed by atoms with Gasteiger partial charge in [-0.25, -0.2) is 4.79 Å². The highest BCUT2D eigenvalue weighted by atomic mass is 32.2. The monoisotopic (exact) mass is 270 g/mol. The summed E-state index contributed by atoms with van der Waals surface area (Å²) in [4.78, 5) is 12.2. The fraction of sp³-hybridized carbons (Fsp3) is 0.875. The van der Waals surface area contributed by atoms with Gasteiger partial charge in [0.1, 0.15) is 6.10 Å². The zero-order chi connectivity index (χ0) is 12.6. The molecule has 17 heavy (non-hydrogen) atoms. The quantitative estimate of drug-likeness (QED) is 0.582. The maximum atomic E-state index is 13.7. The molecule has 6 nitrogen and oxygen atoms in total. The van der Waals surface area contributed by atoms with E-state index in [-0.39, 0.29) is 6.54 Å². The van der Waals surface area contributed by atoms with Gasteiger partial charge in [0.25, 0.3) is 0 Å². The number of hydrogen-bond donors (Lipinski definition) is 3. The summed E-state index contributed by atoms with van der Waals surface area (Å²) in [6.07, 6.45) is -5.33. The topological polar surface area (TPSA) is 82.0 Å². The van der Waals surface area contributed by atoms with Crippen LogP contribution in [0.15, 0.2) is 0 Å². The molecular weight excluding hydrogens is 258 g/mol. The number of alkyl halides is 2. The standard InChI is InChI=1S/C8H12F2N2O4S/c9-8(10)5(14)4(3-13)16-6(8)12-1-2-17-11-7(12)15/h4-6,13-14H,1-3H2,(H,11,15)/t4-,5-,6-/m1/s1. The average molecular weight is 270 g/mol. The summed E-state index contributed by atoms with van der Waals surface area (Å²) in [6, 6.07) is -0.684. The second kappa shape index (κ2) is 4.56. The lowest BCUT2D eigenvalue weighted by Gasteiger charge is -2.34. The number of carbonyl (C=O) groups is 1. The van der Waals surface area contributed by atoms with Crippen molar-refractivity contribution in [3.63, 3.8) is 0 Å². The van der Waals surface area contributed by atoms with Gasteiger partial charge in [0, 0.05) is 12.3 Å². The molecule has 0 saturated carbocycles. The van der Waals surface area contributed by atoms with Crippen molar-refractivity contribution in [2.45, 2.75) is 24.4 Å². The number of nitrogens with zero attached hydrogens (tertiary/aromatic N) is 1. The second-order valence-corrected chi connectivity index (χ2v) is 4.68. The SMILES string of the molecule is O=C1NSCCN1[C@@H]1O[C@H](CO)[C@@H](O)C1(F)F. The molecule has 2 heterocycles. The second-order valence-electron chi connectivity index (χ2n) is 3.78. The Morgan fingerprint density at radius 3 is 2.88 bits per heavy atom. The summed E-state index contributed by atoms with van der Waals surface area (Å²) in [5, 5.41) is 18.1. The van der Waals surface area contributed by atoms with E-state index in [0.29, 0.717) is 5.75 Å². The van der Waals surface area contributed by atoms with Crippen molar-refractivity contribution in [3.8, 4) is 0 Å². The average Bonchev–Trinajstić information content (AvgIpc) is 2.52. The van der Waals surface area contributed by atoms with Gasteiger partial charge in [0.05, 0.1) is 6.61 Å². The number of aliphatic hydroxyl groups excluding tert-OH is 2. The van der Waals surface area contributed by atoms with E-state index < -0.39 is 37.0 Å². The summed E-state index contributed by atoms with van der Waals surface area (Å²) < 4.78 is 34.6. The van der Waals surface area contributed by atoms with Crippen LogP contribution in [-0.2, 0) is 4.74 Å². The van der Waals surface area contributed by atoms with E-state index in [0.717, 1.165) is 16.8 Å². The van der Waals surface area contributed by atoms with Crippen LogP contribution >= 0.6 is 11.9 Å². The van der Waals surface area contributed by atoms with Crippen molar-refractivity contribution < 1.29 is 28.5 Å². The Balaban J connectivity index is 2.17. The highest BCUT2D eigenvalue weighted by Gasteiger charge is 2.61.